The van der Waals surface area contributed by atoms with Crippen LogP contribution in [0, 0.1) is 0 Å². The highest BCUT2D eigenvalue weighted by atomic mass is 28.4. The van der Waals surface area contributed by atoms with Crippen LogP contribution in [0.25, 0.3) is 0 Å². The summed E-state index contributed by atoms with van der Waals surface area (Å²) in [5.74, 6) is 0.976. The van der Waals surface area contributed by atoms with Gasteiger partial charge in [-0.15, -0.1) is 0 Å². The molecule has 20 heavy (non-hydrogen) atoms. The zero-order valence-corrected chi connectivity index (χ0v) is 14.8. The molecule has 1 aromatic carbocycles. The summed E-state index contributed by atoms with van der Waals surface area (Å²) in [5, 5.41) is 9.23. The molecule has 0 radical (unpaired) electrons. The third-order valence-corrected chi connectivity index (χ3v) is 10.3. The van der Waals surface area contributed by atoms with E-state index in [4.69, 9.17) is 4.43 Å². The Labute approximate surface area is 125 Å². The third kappa shape index (κ3) is 3.44. The van der Waals surface area contributed by atoms with E-state index in [1.54, 1.807) is 0 Å². The van der Waals surface area contributed by atoms with Crippen molar-refractivity contribution < 1.29 is 9.53 Å². The van der Waals surface area contributed by atoms with Gasteiger partial charge in [-0.25, -0.2) is 0 Å². The Hall–Kier alpha value is -0.803. The lowest BCUT2D eigenvalue weighted by Crippen LogP contribution is -2.50. The van der Waals surface area contributed by atoms with Crippen LogP contribution in [-0.2, 0) is 6.42 Å². The Balaban J connectivity index is 3.19. The smallest absolute Gasteiger partial charge is 0.258 e. The minimum absolute atomic E-state index is 0.167. The van der Waals surface area contributed by atoms with Crippen LogP contribution in [-0.4, -0.2) is 20.0 Å². The van der Waals surface area contributed by atoms with E-state index in [1.165, 1.54) is 0 Å². The number of rotatable bonds is 7. The van der Waals surface area contributed by atoms with Gasteiger partial charge in [-0.1, -0.05) is 59.7 Å². The second-order valence-electron chi connectivity index (χ2n) is 6.50. The average Bonchev–Trinajstić information content (AvgIpc) is 2.36. The van der Waals surface area contributed by atoms with Crippen molar-refractivity contribution in [3.8, 4) is 5.75 Å². The summed E-state index contributed by atoms with van der Waals surface area (Å²) in [4.78, 5) is 0. The van der Waals surface area contributed by atoms with Crippen molar-refractivity contribution in [3.63, 3.8) is 0 Å². The molecule has 0 unspecified atom stereocenters. The Bertz CT molecular complexity index is 391. The highest BCUT2D eigenvalue weighted by Crippen LogP contribution is 2.43. The number of hydrogen-bond donors (Lipinski definition) is 1. The van der Waals surface area contributed by atoms with Crippen LogP contribution in [0.4, 0.5) is 0 Å². The molecule has 0 aliphatic heterocycles. The molecule has 1 N–H and O–H groups in total. The van der Waals surface area contributed by atoms with Crippen LogP contribution in [0.2, 0.25) is 16.6 Å². The zero-order valence-electron chi connectivity index (χ0n) is 13.8. The molecule has 0 aromatic heterocycles. The molecule has 0 bridgehead atoms. The maximum absolute atomic E-state index is 9.23. The molecule has 0 fully saturated rings. The summed E-state index contributed by atoms with van der Waals surface area (Å²) in [7, 11) is -1.91. The van der Waals surface area contributed by atoms with Gasteiger partial charge in [0.1, 0.15) is 5.75 Å². The first-order valence-electron chi connectivity index (χ1n) is 7.74. The van der Waals surface area contributed by atoms with E-state index in [9.17, 15) is 5.11 Å². The van der Waals surface area contributed by atoms with Gasteiger partial charge in [-0.2, -0.15) is 0 Å². The molecule has 0 heterocycles. The van der Waals surface area contributed by atoms with Gasteiger partial charge in [0.25, 0.3) is 8.32 Å². The minimum Gasteiger partial charge on any atom is -0.543 e. The van der Waals surface area contributed by atoms with Crippen molar-refractivity contribution in [1.82, 2.24) is 0 Å². The van der Waals surface area contributed by atoms with Gasteiger partial charge >= 0.3 is 0 Å². The average molecular weight is 295 g/mol. The first kappa shape index (κ1) is 17.2. The summed E-state index contributed by atoms with van der Waals surface area (Å²) in [6.45, 7) is 13.9. The summed E-state index contributed by atoms with van der Waals surface area (Å²) < 4.78 is 6.70. The first-order chi connectivity index (χ1) is 9.36. The number of aliphatic hydroxyl groups is 1. The van der Waals surface area contributed by atoms with E-state index in [2.05, 4.69) is 53.7 Å². The van der Waals surface area contributed by atoms with E-state index in [1.807, 2.05) is 12.1 Å². The van der Waals surface area contributed by atoms with Gasteiger partial charge in [-0.05, 0) is 34.7 Å². The molecule has 1 rings (SSSR count). The first-order valence-corrected chi connectivity index (χ1v) is 9.88. The van der Waals surface area contributed by atoms with E-state index in [0.29, 0.717) is 23.0 Å². The predicted molar refractivity (Wildman–Crippen MR) is 88.9 cm³/mol. The van der Waals surface area contributed by atoms with Gasteiger partial charge in [-0.3, -0.25) is 0 Å². The summed E-state index contributed by atoms with van der Waals surface area (Å²) in [6, 6.07) is 8.16. The van der Waals surface area contributed by atoms with Crippen LogP contribution in [0.15, 0.2) is 24.3 Å². The second-order valence-corrected chi connectivity index (χ2v) is 11.9. The fourth-order valence-electron chi connectivity index (χ4n) is 3.47. The van der Waals surface area contributed by atoms with E-state index < -0.39 is 8.32 Å². The molecule has 0 amide bonds. The monoisotopic (exact) mass is 294 g/mol. The lowest BCUT2D eigenvalue weighted by Gasteiger charge is -2.42. The minimum atomic E-state index is -1.91. The maximum atomic E-state index is 9.23. The quantitative estimate of drug-likeness (QED) is 0.734. The van der Waals surface area contributed by atoms with Crippen molar-refractivity contribution >= 4 is 8.32 Å². The third-order valence-electron chi connectivity index (χ3n) is 4.35. The molecule has 2 nitrogen and oxygen atoms in total. The Morgan fingerprint density at radius 1 is 0.950 bits per heavy atom. The molecule has 0 atom stereocenters. The highest BCUT2D eigenvalue weighted by Gasteiger charge is 2.47. The van der Waals surface area contributed by atoms with Crippen molar-refractivity contribution in [1.29, 1.82) is 0 Å². The highest BCUT2D eigenvalue weighted by molar-refractivity contribution is 6.78. The second kappa shape index (κ2) is 7.28. The molecule has 0 saturated heterocycles. The van der Waals surface area contributed by atoms with Crippen LogP contribution in [0.3, 0.4) is 0 Å². The molecular weight excluding hydrogens is 264 g/mol. The number of para-hydroxylation sites is 1. The van der Waals surface area contributed by atoms with Crippen LogP contribution in [0.1, 0.15) is 47.1 Å². The molecule has 3 heteroatoms. The molecule has 0 saturated carbocycles. The number of hydrogen-bond acceptors (Lipinski definition) is 2. The fourth-order valence-corrected chi connectivity index (χ4v) is 8.76. The van der Waals surface area contributed by atoms with Gasteiger partial charge in [0, 0.05) is 6.61 Å². The standard InChI is InChI=1S/C17H30O2Si/c1-13(2)20(14(3)4,15(5)6)19-17-10-8-7-9-16(17)11-12-18/h7-10,13-15,18H,11-12H2,1-6H3. The van der Waals surface area contributed by atoms with Crippen molar-refractivity contribution in [2.75, 3.05) is 6.61 Å². The molecule has 0 spiro atoms. The predicted octanol–water partition coefficient (Wildman–Crippen LogP) is 4.78. The summed E-state index contributed by atoms with van der Waals surface area (Å²) in [5.41, 5.74) is 2.80. The molecule has 1 aromatic rings. The van der Waals surface area contributed by atoms with Crippen molar-refractivity contribution in [2.24, 2.45) is 0 Å². The maximum Gasteiger partial charge on any atom is 0.258 e. The van der Waals surface area contributed by atoms with Gasteiger partial charge in [0.2, 0.25) is 0 Å². The SMILES string of the molecule is CC(C)[Si](Oc1ccccc1CCO)(C(C)C)C(C)C. The number of benzene rings is 1. The van der Waals surface area contributed by atoms with Crippen LogP contribution >= 0.6 is 0 Å². The zero-order chi connectivity index (χ0) is 15.3. The van der Waals surface area contributed by atoms with E-state index >= 15 is 0 Å². The molecule has 0 aliphatic carbocycles. The molecule has 0 aliphatic rings. The van der Waals surface area contributed by atoms with E-state index in [0.717, 1.165) is 11.3 Å². The molecule has 114 valence electrons. The Morgan fingerprint density at radius 3 is 1.90 bits per heavy atom. The van der Waals surface area contributed by atoms with Gasteiger partial charge < -0.3 is 9.53 Å². The van der Waals surface area contributed by atoms with E-state index in [-0.39, 0.29) is 6.61 Å². The van der Waals surface area contributed by atoms with Gasteiger partial charge in [0.05, 0.1) is 0 Å². The Kier molecular flexibility index (Phi) is 6.27. The number of aliphatic hydroxyl groups excluding tert-OH is 1. The Morgan fingerprint density at radius 2 is 1.45 bits per heavy atom. The summed E-state index contributed by atoms with van der Waals surface area (Å²) in [6.07, 6.45) is 0.662. The fraction of sp³-hybridized carbons (Fsp3) is 0.647. The van der Waals surface area contributed by atoms with Crippen LogP contribution < -0.4 is 4.43 Å². The van der Waals surface area contributed by atoms with Crippen molar-refractivity contribution in [2.45, 2.75) is 64.6 Å². The summed E-state index contributed by atoms with van der Waals surface area (Å²) >= 11 is 0. The topological polar surface area (TPSA) is 29.5 Å². The molecular formula is C17H30O2Si. The lowest BCUT2D eigenvalue weighted by molar-refractivity contribution is 0.298. The van der Waals surface area contributed by atoms with Crippen molar-refractivity contribution in [3.05, 3.63) is 29.8 Å². The van der Waals surface area contributed by atoms with Crippen LogP contribution in [0.5, 0.6) is 5.75 Å². The largest absolute Gasteiger partial charge is 0.543 e. The normalized spacial score (nSPS) is 12.5. The lowest BCUT2D eigenvalue weighted by atomic mass is 10.1. The van der Waals surface area contributed by atoms with Gasteiger partial charge in [0.15, 0.2) is 0 Å².